The summed E-state index contributed by atoms with van der Waals surface area (Å²) >= 11 is 0. The third kappa shape index (κ3) is 5.93. The van der Waals surface area contributed by atoms with Gasteiger partial charge in [0.25, 0.3) is 11.7 Å². The smallest absolute Gasteiger partial charge is 0.338 e. The summed E-state index contributed by atoms with van der Waals surface area (Å²) in [5.74, 6) is -1.24. The number of rotatable bonds is 8. The van der Waals surface area contributed by atoms with Crippen molar-refractivity contribution in [1.82, 2.24) is 0 Å². The van der Waals surface area contributed by atoms with E-state index in [0.29, 0.717) is 40.7 Å². The van der Waals surface area contributed by atoms with Crippen molar-refractivity contribution in [3.63, 3.8) is 0 Å². The lowest BCUT2D eigenvalue weighted by Gasteiger charge is -2.26. The first-order chi connectivity index (χ1) is 19.0. The van der Waals surface area contributed by atoms with Gasteiger partial charge in [0.2, 0.25) is 0 Å². The summed E-state index contributed by atoms with van der Waals surface area (Å²) < 4.78 is 11.1. The van der Waals surface area contributed by atoms with Gasteiger partial charge in [0.05, 0.1) is 29.9 Å². The zero-order valence-corrected chi connectivity index (χ0v) is 23.7. The Morgan fingerprint density at radius 3 is 2.20 bits per heavy atom. The van der Waals surface area contributed by atoms with Crippen LogP contribution in [0.3, 0.4) is 0 Å². The molecular weight excluding hydrogens is 506 g/mol. The number of anilines is 1. The van der Waals surface area contributed by atoms with Crippen molar-refractivity contribution in [2.45, 2.75) is 53.7 Å². The number of carbonyl (C=O) groups excluding carboxylic acids is 3. The molecule has 1 amide bonds. The number of aliphatic hydroxyl groups excluding tert-OH is 1. The number of hydrogen-bond acceptors (Lipinski definition) is 6. The van der Waals surface area contributed by atoms with Gasteiger partial charge >= 0.3 is 5.97 Å². The first-order valence-electron chi connectivity index (χ1n) is 13.4. The van der Waals surface area contributed by atoms with E-state index in [2.05, 4.69) is 13.8 Å². The summed E-state index contributed by atoms with van der Waals surface area (Å²) in [6, 6.07) is 18.2. The summed E-state index contributed by atoms with van der Waals surface area (Å²) in [5.41, 5.74) is 3.58. The molecule has 0 aromatic heterocycles. The van der Waals surface area contributed by atoms with Crippen LogP contribution in [-0.4, -0.2) is 35.5 Å². The number of hydrogen-bond donors (Lipinski definition) is 1. The molecule has 0 saturated carbocycles. The van der Waals surface area contributed by atoms with Gasteiger partial charge in [0, 0.05) is 11.3 Å². The molecule has 7 heteroatoms. The van der Waals surface area contributed by atoms with E-state index in [-0.39, 0.29) is 17.4 Å². The third-order valence-corrected chi connectivity index (χ3v) is 6.55. The summed E-state index contributed by atoms with van der Waals surface area (Å²) in [5, 5.41) is 11.5. The first kappa shape index (κ1) is 28.6. The molecule has 0 bridgehead atoms. The lowest BCUT2D eigenvalue weighted by Crippen LogP contribution is -2.29. The molecule has 0 radical (unpaired) electrons. The van der Waals surface area contributed by atoms with Gasteiger partial charge in [-0.2, -0.15) is 0 Å². The highest BCUT2D eigenvalue weighted by atomic mass is 16.5. The van der Waals surface area contributed by atoms with E-state index in [4.69, 9.17) is 9.47 Å². The second-order valence-corrected chi connectivity index (χ2v) is 10.8. The molecule has 4 rings (SSSR count). The Bertz CT molecular complexity index is 1470. The summed E-state index contributed by atoms with van der Waals surface area (Å²) in [4.78, 5) is 40.7. The zero-order valence-electron chi connectivity index (χ0n) is 23.7. The van der Waals surface area contributed by atoms with Gasteiger partial charge in [-0.05, 0) is 87.2 Å². The van der Waals surface area contributed by atoms with Gasteiger partial charge in [-0.1, -0.05) is 43.7 Å². The van der Waals surface area contributed by atoms with Crippen molar-refractivity contribution in [3.8, 4) is 5.75 Å². The van der Waals surface area contributed by atoms with E-state index in [9.17, 15) is 19.5 Å². The quantitative estimate of drug-likeness (QED) is 0.151. The Balaban J connectivity index is 1.80. The van der Waals surface area contributed by atoms with Crippen molar-refractivity contribution in [1.29, 1.82) is 0 Å². The van der Waals surface area contributed by atoms with Gasteiger partial charge in [0.1, 0.15) is 11.5 Å². The predicted octanol–water partition coefficient (Wildman–Crippen LogP) is 6.53. The Labute approximate surface area is 235 Å². The van der Waals surface area contributed by atoms with Crippen LogP contribution in [0.15, 0.2) is 72.3 Å². The first-order valence-corrected chi connectivity index (χ1v) is 13.4. The molecule has 40 heavy (non-hydrogen) atoms. The molecule has 1 N–H and O–H groups in total. The maximum absolute atomic E-state index is 13.5. The van der Waals surface area contributed by atoms with Crippen LogP contribution in [0.4, 0.5) is 5.69 Å². The number of ether oxygens (including phenoxy) is 2. The number of amides is 1. The van der Waals surface area contributed by atoms with Crippen LogP contribution in [0.1, 0.15) is 66.3 Å². The van der Waals surface area contributed by atoms with E-state index in [1.165, 1.54) is 4.90 Å². The average Bonchev–Trinajstić information content (AvgIpc) is 3.17. The van der Waals surface area contributed by atoms with Crippen LogP contribution < -0.4 is 9.64 Å². The van der Waals surface area contributed by atoms with E-state index in [1.807, 2.05) is 38.1 Å². The molecule has 3 aromatic rings. The lowest BCUT2D eigenvalue weighted by atomic mass is 9.93. The van der Waals surface area contributed by atoms with Crippen molar-refractivity contribution >= 4 is 29.1 Å². The monoisotopic (exact) mass is 541 g/mol. The molecular formula is C33H35NO6. The van der Waals surface area contributed by atoms with E-state index >= 15 is 0 Å². The van der Waals surface area contributed by atoms with Crippen molar-refractivity contribution in [3.05, 3.63) is 100 Å². The predicted molar refractivity (Wildman–Crippen MR) is 154 cm³/mol. The largest absolute Gasteiger partial charge is 0.507 e. The fourth-order valence-corrected chi connectivity index (χ4v) is 4.67. The zero-order chi connectivity index (χ0) is 29.1. The van der Waals surface area contributed by atoms with Gasteiger partial charge in [0.15, 0.2) is 0 Å². The van der Waals surface area contributed by atoms with Crippen LogP contribution in [-0.2, 0) is 14.3 Å². The van der Waals surface area contributed by atoms with Gasteiger partial charge in [-0.15, -0.1) is 0 Å². The highest BCUT2D eigenvalue weighted by Gasteiger charge is 2.47. The van der Waals surface area contributed by atoms with E-state index < -0.39 is 23.7 Å². The fourth-order valence-electron chi connectivity index (χ4n) is 4.67. The second-order valence-electron chi connectivity index (χ2n) is 10.8. The molecule has 208 valence electrons. The van der Waals surface area contributed by atoms with Crippen LogP contribution >= 0.6 is 0 Å². The van der Waals surface area contributed by atoms with Crippen LogP contribution in [0.5, 0.6) is 5.75 Å². The molecule has 7 nitrogen and oxygen atoms in total. The number of Topliss-reactive ketones (excluding diaryl/α,β-unsaturated/α-hetero) is 1. The molecule has 1 unspecified atom stereocenters. The summed E-state index contributed by atoms with van der Waals surface area (Å²) in [7, 11) is 0. The molecule has 0 spiro atoms. The Kier molecular flexibility index (Phi) is 8.43. The van der Waals surface area contributed by atoms with Gasteiger partial charge in [-0.3, -0.25) is 14.5 Å². The van der Waals surface area contributed by atoms with E-state index in [1.54, 1.807) is 56.3 Å². The maximum atomic E-state index is 13.5. The highest BCUT2D eigenvalue weighted by Crippen LogP contribution is 2.42. The molecule has 1 aliphatic rings. The minimum Gasteiger partial charge on any atom is -0.507 e. The number of benzene rings is 3. The van der Waals surface area contributed by atoms with E-state index in [0.717, 1.165) is 11.1 Å². The third-order valence-electron chi connectivity index (χ3n) is 6.55. The fraction of sp³-hybridized carbons (Fsp3) is 0.303. The normalized spacial score (nSPS) is 16.6. The number of ketones is 1. The molecule has 1 heterocycles. The maximum Gasteiger partial charge on any atom is 0.338 e. The minimum absolute atomic E-state index is 0.00542. The van der Waals surface area contributed by atoms with Crippen molar-refractivity contribution in [2.75, 3.05) is 11.5 Å². The lowest BCUT2D eigenvalue weighted by molar-refractivity contribution is -0.132. The minimum atomic E-state index is -0.870. The summed E-state index contributed by atoms with van der Waals surface area (Å²) in [6.45, 7) is 12.0. The number of aryl methyl sites for hydroxylation is 2. The SMILES string of the molecule is Cc1cccc(C2/C(=C(/O)c3ccc(OCC(C)C)c(C)c3)C(=O)C(=O)N2c2ccc(C(=O)OC(C)C)cc2)c1. The molecule has 1 saturated heterocycles. The van der Waals surface area contributed by atoms with Crippen LogP contribution in [0.2, 0.25) is 0 Å². The second kappa shape index (κ2) is 11.8. The molecule has 1 atom stereocenters. The number of nitrogens with zero attached hydrogens (tertiary/aromatic N) is 1. The molecule has 1 fully saturated rings. The Hall–Kier alpha value is -4.39. The number of aliphatic hydroxyl groups is 1. The van der Waals surface area contributed by atoms with Crippen molar-refractivity contribution in [2.24, 2.45) is 5.92 Å². The topological polar surface area (TPSA) is 93.1 Å². The standard InChI is InChI=1S/C33H35NO6/c1-19(2)18-39-27-15-12-25(17-22(27)6)30(35)28-29(24-9-7-8-21(5)16-24)34(32(37)31(28)36)26-13-10-23(11-14-26)33(38)40-20(3)4/h7-17,19-20,29,35H,18H2,1-6H3/b30-28-. The summed E-state index contributed by atoms with van der Waals surface area (Å²) in [6.07, 6.45) is -0.272. The molecule has 1 aliphatic heterocycles. The van der Waals surface area contributed by atoms with Gasteiger partial charge in [-0.25, -0.2) is 4.79 Å². The average molecular weight is 542 g/mol. The number of carbonyl (C=O) groups is 3. The number of esters is 1. The molecule has 3 aromatic carbocycles. The van der Waals surface area contributed by atoms with Crippen LogP contribution in [0.25, 0.3) is 5.76 Å². The Morgan fingerprint density at radius 1 is 0.925 bits per heavy atom. The van der Waals surface area contributed by atoms with Crippen molar-refractivity contribution < 1.29 is 29.0 Å². The van der Waals surface area contributed by atoms with Crippen LogP contribution in [0, 0.1) is 19.8 Å². The van der Waals surface area contributed by atoms with Gasteiger partial charge < -0.3 is 14.6 Å². The highest BCUT2D eigenvalue weighted by molar-refractivity contribution is 6.51. The Morgan fingerprint density at radius 2 is 1.60 bits per heavy atom. The molecule has 0 aliphatic carbocycles.